The fourth-order valence-corrected chi connectivity index (χ4v) is 6.30. The van der Waals surface area contributed by atoms with Gasteiger partial charge in [0.05, 0.1) is 23.6 Å². The Labute approximate surface area is 258 Å². The molecule has 2 heterocycles. The Hall–Kier alpha value is -3.70. The molecule has 0 aliphatic rings. The third-order valence-electron chi connectivity index (χ3n) is 6.49. The van der Waals surface area contributed by atoms with Crippen LogP contribution in [0.15, 0.2) is 89.4 Å². The number of carbonyl (C=O) groups is 1. The van der Waals surface area contributed by atoms with Crippen LogP contribution >= 0.6 is 34.7 Å². The highest BCUT2D eigenvalue weighted by molar-refractivity contribution is 7.98. The number of rotatable bonds is 12. The summed E-state index contributed by atoms with van der Waals surface area (Å²) in [7, 11) is 5.65. The van der Waals surface area contributed by atoms with Gasteiger partial charge in [0.1, 0.15) is 16.5 Å². The van der Waals surface area contributed by atoms with Crippen molar-refractivity contribution in [2.24, 2.45) is 0 Å². The zero-order valence-corrected chi connectivity index (χ0v) is 26.0. The lowest BCUT2D eigenvalue weighted by atomic mass is 10.2. The molecule has 0 N–H and O–H groups in total. The van der Waals surface area contributed by atoms with Gasteiger partial charge in [-0.05, 0) is 43.9 Å². The van der Waals surface area contributed by atoms with E-state index in [-0.39, 0.29) is 5.91 Å². The Bertz CT molecular complexity index is 1640. The van der Waals surface area contributed by atoms with Crippen LogP contribution in [0.4, 0.5) is 0 Å². The van der Waals surface area contributed by atoms with E-state index in [1.54, 1.807) is 7.11 Å². The zero-order chi connectivity index (χ0) is 29.5. The molecular weight excluding hydrogens is 588 g/mol. The number of likely N-dealkylation sites (N-methyl/N-ethyl adjacent to an activating group) is 1. The van der Waals surface area contributed by atoms with Gasteiger partial charge in [0.15, 0.2) is 11.0 Å². The molecule has 0 radical (unpaired) electrons. The average Bonchev–Trinajstić information content (AvgIpc) is 3.66. The first-order chi connectivity index (χ1) is 20.4. The Kier molecular flexibility index (Phi) is 9.91. The number of nitrogens with zero attached hydrogens (tertiary/aromatic N) is 6. The molecule has 0 spiro atoms. The molecule has 0 fully saturated rings. The largest absolute Gasteiger partial charge is 0.495 e. The third-order valence-corrected chi connectivity index (χ3v) is 8.79. The van der Waals surface area contributed by atoms with Crippen LogP contribution < -0.4 is 4.74 Å². The molecule has 1 amide bonds. The molecule has 0 aliphatic carbocycles. The summed E-state index contributed by atoms with van der Waals surface area (Å²) < 4.78 is 7.61. The molecule has 0 saturated heterocycles. The van der Waals surface area contributed by atoms with Gasteiger partial charge in [0.25, 0.3) is 5.91 Å². The molecule has 3 aromatic carbocycles. The molecule has 216 valence electrons. The van der Waals surface area contributed by atoms with Gasteiger partial charge in [-0.1, -0.05) is 78.0 Å². The molecule has 11 heteroatoms. The van der Waals surface area contributed by atoms with Crippen molar-refractivity contribution in [3.8, 4) is 22.8 Å². The molecule has 0 atom stereocenters. The van der Waals surface area contributed by atoms with Crippen LogP contribution in [0.1, 0.15) is 21.1 Å². The minimum Gasteiger partial charge on any atom is -0.495 e. The van der Waals surface area contributed by atoms with Gasteiger partial charge in [0.2, 0.25) is 0 Å². The van der Waals surface area contributed by atoms with Crippen LogP contribution in [0.5, 0.6) is 5.75 Å². The number of amides is 1. The zero-order valence-electron chi connectivity index (χ0n) is 23.6. The lowest BCUT2D eigenvalue weighted by Crippen LogP contribution is -2.36. The maximum absolute atomic E-state index is 13.5. The van der Waals surface area contributed by atoms with E-state index in [2.05, 4.69) is 15.1 Å². The van der Waals surface area contributed by atoms with Crippen molar-refractivity contribution in [2.75, 3.05) is 34.3 Å². The van der Waals surface area contributed by atoms with E-state index < -0.39 is 0 Å². The Morgan fingerprint density at radius 1 is 0.976 bits per heavy atom. The van der Waals surface area contributed by atoms with E-state index >= 15 is 0 Å². The fourth-order valence-electron chi connectivity index (χ4n) is 4.35. The summed E-state index contributed by atoms with van der Waals surface area (Å²) in [6, 6.07) is 25.3. The van der Waals surface area contributed by atoms with Crippen LogP contribution in [0.3, 0.4) is 0 Å². The van der Waals surface area contributed by atoms with Gasteiger partial charge >= 0.3 is 0 Å². The van der Waals surface area contributed by atoms with E-state index in [1.807, 2.05) is 108 Å². The van der Waals surface area contributed by atoms with Crippen LogP contribution in [-0.4, -0.2) is 69.8 Å². The van der Waals surface area contributed by atoms with E-state index in [4.69, 9.17) is 21.3 Å². The van der Waals surface area contributed by atoms with Gasteiger partial charge in [-0.15, -0.1) is 21.5 Å². The minimum absolute atomic E-state index is 0.0774. The minimum atomic E-state index is -0.0774. The van der Waals surface area contributed by atoms with E-state index in [0.717, 1.165) is 28.4 Å². The summed E-state index contributed by atoms with van der Waals surface area (Å²) in [6.45, 7) is 1.90. The first kappa shape index (κ1) is 29.8. The van der Waals surface area contributed by atoms with Crippen LogP contribution in [0.25, 0.3) is 17.1 Å². The smallest absolute Gasteiger partial charge is 0.273 e. The number of carbonyl (C=O) groups excluding carboxylic acids is 1. The van der Waals surface area contributed by atoms with Crippen molar-refractivity contribution in [1.29, 1.82) is 0 Å². The Balaban J connectivity index is 1.39. The maximum atomic E-state index is 13.5. The van der Waals surface area contributed by atoms with Crippen molar-refractivity contribution in [3.63, 3.8) is 0 Å². The van der Waals surface area contributed by atoms with E-state index in [1.165, 1.54) is 23.1 Å². The summed E-state index contributed by atoms with van der Waals surface area (Å²) >= 11 is 9.52. The number of para-hydroxylation sites is 2. The number of thiazole rings is 1. The number of benzene rings is 3. The fraction of sp³-hybridized carbons (Fsp3) is 0.226. The summed E-state index contributed by atoms with van der Waals surface area (Å²) in [5.41, 5.74) is 3.10. The topological polar surface area (TPSA) is 76.4 Å². The molecule has 0 saturated carbocycles. The van der Waals surface area contributed by atoms with Crippen molar-refractivity contribution in [3.05, 3.63) is 106 Å². The lowest BCUT2D eigenvalue weighted by molar-refractivity contribution is 0.0726. The molecule has 8 nitrogen and oxygen atoms in total. The molecule has 0 aliphatic heterocycles. The molecule has 0 bridgehead atoms. The normalized spacial score (nSPS) is 11.2. The molecular formula is C31H31ClN6O2S2. The van der Waals surface area contributed by atoms with Crippen molar-refractivity contribution in [1.82, 2.24) is 29.5 Å². The second kappa shape index (κ2) is 14.0. The Morgan fingerprint density at radius 2 is 1.71 bits per heavy atom. The van der Waals surface area contributed by atoms with Gasteiger partial charge < -0.3 is 14.5 Å². The summed E-state index contributed by atoms with van der Waals surface area (Å²) in [4.78, 5) is 22.2. The predicted molar refractivity (Wildman–Crippen MR) is 170 cm³/mol. The van der Waals surface area contributed by atoms with Crippen molar-refractivity contribution in [2.45, 2.75) is 17.5 Å². The quantitative estimate of drug-likeness (QED) is 0.147. The lowest BCUT2D eigenvalue weighted by Gasteiger charge is -2.24. The highest BCUT2D eigenvalue weighted by atomic mass is 35.5. The first-order valence-electron chi connectivity index (χ1n) is 13.3. The number of ether oxygens (including phenoxy) is 1. The highest BCUT2D eigenvalue weighted by Gasteiger charge is 2.22. The SMILES string of the molecule is COc1ccccc1-n1c(SCc2nc(C(=O)N(CCN(C)C)Cc3ccccc3)cs2)nnc1-c1ccccc1Cl. The van der Waals surface area contributed by atoms with Gasteiger partial charge in [-0.3, -0.25) is 9.36 Å². The molecule has 5 rings (SSSR count). The number of halogens is 1. The number of thioether (sulfide) groups is 1. The second-order valence-corrected chi connectivity index (χ2v) is 12.0. The molecule has 2 aromatic heterocycles. The maximum Gasteiger partial charge on any atom is 0.273 e. The molecule has 0 unspecified atom stereocenters. The molecule has 42 heavy (non-hydrogen) atoms. The summed E-state index contributed by atoms with van der Waals surface area (Å²) in [5.74, 6) is 1.74. The molecule has 5 aromatic rings. The average molecular weight is 619 g/mol. The highest BCUT2D eigenvalue weighted by Crippen LogP contribution is 2.36. The monoisotopic (exact) mass is 618 g/mol. The number of hydrogen-bond acceptors (Lipinski definition) is 8. The van der Waals surface area contributed by atoms with E-state index in [9.17, 15) is 4.79 Å². The van der Waals surface area contributed by atoms with Gasteiger partial charge in [-0.2, -0.15) is 0 Å². The predicted octanol–water partition coefficient (Wildman–Crippen LogP) is 6.55. The van der Waals surface area contributed by atoms with Gasteiger partial charge in [0, 0.05) is 30.6 Å². The van der Waals surface area contributed by atoms with Crippen LogP contribution in [0, 0.1) is 0 Å². The van der Waals surface area contributed by atoms with Crippen molar-refractivity contribution >= 4 is 40.6 Å². The summed E-state index contributed by atoms with van der Waals surface area (Å²) in [5, 5.41) is 12.9. The van der Waals surface area contributed by atoms with Crippen molar-refractivity contribution < 1.29 is 9.53 Å². The number of aromatic nitrogens is 4. The van der Waals surface area contributed by atoms with Gasteiger partial charge in [-0.25, -0.2) is 4.98 Å². The summed E-state index contributed by atoms with van der Waals surface area (Å²) in [6.07, 6.45) is 0. The Morgan fingerprint density at radius 3 is 2.48 bits per heavy atom. The van der Waals surface area contributed by atoms with Crippen LogP contribution in [-0.2, 0) is 12.3 Å². The second-order valence-electron chi connectivity index (χ2n) is 9.72. The third kappa shape index (κ3) is 7.01. The number of methoxy groups -OCH3 is 1. The van der Waals surface area contributed by atoms with Crippen LogP contribution in [0.2, 0.25) is 5.02 Å². The number of hydrogen-bond donors (Lipinski definition) is 0. The standard InChI is InChI=1S/C31H31ClN6O2S2/c1-36(2)17-18-37(19-22-11-5-4-6-12-22)30(39)25-20-41-28(33-25)21-42-31-35-34-29(23-13-7-8-14-24(23)32)38(31)26-15-9-10-16-27(26)40-3/h4-16,20H,17-19,21H2,1-3H3. The van der Waals surface area contributed by atoms with E-state index in [0.29, 0.717) is 46.3 Å². The first-order valence-corrected chi connectivity index (χ1v) is 15.6.